The number of hydrogen-bond acceptors (Lipinski definition) is 5. The summed E-state index contributed by atoms with van der Waals surface area (Å²) in [5.41, 5.74) is 3.87. The first-order valence-electron chi connectivity index (χ1n) is 8.48. The molecule has 26 heavy (non-hydrogen) atoms. The Bertz CT molecular complexity index is 1130. The number of aromatic amines is 1. The van der Waals surface area contributed by atoms with E-state index in [0.717, 1.165) is 56.9 Å². The van der Waals surface area contributed by atoms with E-state index in [1.807, 2.05) is 24.3 Å². The molecule has 2 aromatic carbocycles. The lowest BCUT2D eigenvalue weighted by Crippen LogP contribution is -1.98. The van der Waals surface area contributed by atoms with Crippen LogP contribution in [-0.2, 0) is 6.54 Å². The fraction of sp³-hybridized carbons (Fsp3) is 0.211. The molecule has 0 aliphatic heterocycles. The SMILES string of the molecule is CCCn1c(=S)[nH]c2cc3c(Nc4ccc(OC)cc4)ncnc3cc21. The van der Waals surface area contributed by atoms with Gasteiger partial charge < -0.3 is 19.6 Å². The maximum absolute atomic E-state index is 5.46. The van der Waals surface area contributed by atoms with Gasteiger partial charge in [0.05, 0.1) is 23.7 Å². The highest BCUT2D eigenvalue weighted by atomic mass is 32.1. The molecule has 0 aliphatic carbocycles. The van der Waals surface area contributed by atoms with Gasteiger partial charge in [0.1, 0.15) is 17.9 Å². The van der Waals surface area contributed by atoms with Crippen LogP contribution in [-0.4, -0.2) is 26.6 Å². The highest BCUT2D eigenvalue weighted by molar-refractivity contribution is 7.71. The lowest BCUT2D eigenvalue weighted by molar-refractivity contribution is 0.415. The number of rotatable bonds is 5. The first kappa shape index (κ1) is 16.5. The van der Waals surface area contributed by atoms with Crippen molar-refractivity contribution in [1.82, 2.24) is 19.5 Å². The van der Waals surface area contributed by atoms with Crippen LogP contribution in [0.3, 0.4) is 0 Å². The van der Waals surface area contributed by atoms with Gasteiger partial charge in [-0.05, 0) is 55.0 Å². The summed E-state index contributed by atoms with van der Waals surface area (Å²) in [6.45, 7) is 3.02. The van der Waals surface area contributed by atoms with Gasteiger partial charge in [-0.25, -0.2) is 9.97 Å². The van der Waals surface area contributed by atoms with E-state index in [1.54, 1.807) is 13.4 Å². The third-order valence-corrected chi connectivity index (χ3v) is 4.65. The minimum Gasteiger partial charge on any atom is -0.497 e. The number of ether oxygens (including phenoxy) is 1. The van der Waals surface area contributed by atoms with Gasteiger partial charge in [0, 0.05) is 17.6 Å². The van der Waals surface area contributed by atoms with Crippen LogP contribution >= 0.6 is 12.2 Å². The topological polar surface area (TPSA) is 67.8 Å². The van der Waals surface area contributed by atoms with Crippen molar-refractivity contribution in [2.24, 2.45) is 0 Å². The van der Waals surface area contributed by atoms with Crippen molar-refractivity contribution in [3.63, 3.8) is 0 Å². The minimum absolute atomic E-state index is 0.731. The van der Waals surface area contributed by atoms with Crippen molar-refractivity contribution < 1.29 is 4.74 Å². The number of fused-ring (bicyclic) bond motifs is 2. The van der Waals surface area contributed by atoms with Gasteiger partial charge >= 0.3 is 0 Å². The van der Waals surface area contributed by atoms with Crippen LogP contribution in [0.5, 0.6) is 5.75 Å². The Hall–Kier alpha value is -2.93. The van der Waals surface area contributed by atoms with Gasteiger partial charge in [0.2, 0.25) is 0 Å². The average Bonchev–Trinajstić information content (AvgIpc) is 2.96. The van der Waals surface area contributed by atoms with E-state index >= 15 is 0 Å². The number of nitrogens with zero attached hydrogens (tertiary/aromatic N) is 3. The smallest absolute Gasteiger partial charge is 0.178 e. The Morgan fingerprint density at radius 2 is 2.00 bits per heavy atom. The highest BCUT2D eigenvalue weighted by Crippen LogP contribution is 2.28. The zero-order valence-corrected chi connectivity index (χ0v) is 15.4. The van der Waals surface area contributed by atoms with Gasteiger partial charge in [-0.3, -0.25) is 0 Å². The Balaban J connectivity index is 1.81. The molecular formula is C19H19N5OS. The van der Waals surface area contributed by atoms with Gasteiger partial charge in [-0.2, -0.15) is 0 Å². The Kier molecular flexibility index (Phi) is 4.30. The van der Waals surface area contributed by atoms with Crippen LogP contribution in [0.15, 0.2) is 42.7 Å². The van der Waals surface area contributed by atoms with Crippen molar-refractivity contribution >= 4 is 45.7 Å². The lowest BCUT2D eigenvalue weighted by atomic mass is 10.2. The zero-order chi connectivity index (χ0) is 18.1. The molecule has 0 aliphatic rings. The van der Waals surface area contributed by atoms with Crippen LogP contribution in [0.4, 0.5) is 11.5 Å². The molecule has 2 heterocycles. The molecule has 0 amide bonds. The van der Waals surface area contributed by atoms with Gasteiger partial charge in [0.25, 0.3) is 0 Å². The Morgan fingerprint density at radius 3 is 2.73 bits per heavy atom. The monoisotopic (exact) mass is 365 g/mol. The molecule has 6 nitrogen and oxygen atoms in total. The van der Waals surface area contributed by atoms with Gasteiger partial charge in [0.15, 0.2) is 4.77 Å². The largest absolute Gasteiger partial charge is 0.497 e. The average molecular weight is 365 g/mol. The number of anilines is 2. The van der Waals surface area contributed by atoms with Crippen molar-refractivity contribution in [3.8, 4) is 5.75 Å². The summed E-state index contributed by atoms with van der Waals surface area (Å²) in [6, 6.07) is 11.8. The second kappa shape index (κ2) is 6.76. The maximum atomic E-state index is 5.46. The van der Waals surface area contributed by atoms with Crippen molar-refractivity contribution in [2.75, 3.05) is 12.4 Å². The molecule has 4 rings (SSSR count). The highest BCUT2D eigenvalue weighted by Gasteiger charge is 2.10. The van der Waals surface area contributed by atoms with E-state index in [4.69, 9.17) is 17.0 Å². The molecule has 7 heteroatoms. The van der Waals surface area contributed by atoms with Crippen molar-refractivity contribution in [1.29, 1.82) is 0 Å². The third kappa shape index (κ3) is 2.90. The van der Waals surface area contributed by atoms with E-state index in [2.05, 4.69) is 43.9 Å². The summed E-state index contributed by atoms with van der Waals surface area (Å²) in [4.78, 5) is 12.1. The van der Waals surface area contributed by atoms with E-state index in [0.29, 0.717) is 0 Å². The number of aromatic nitrogens is 4. The standard InChI is InChI=1S/C19H19N5OS/c1-3-8-24-17-10-15-14(9-16(17)23-19(24)26)18(21-11-20-15)22-12-4-6-13(25-2)7-5-12/h4-7,9-11H,3,8H2,1-2H3,(H,23,26)(H,20,21,22). The summed E-state index contributed by atoms with van der Waals surface area (Å²) in [6.07, 6.45) is 2.60. The molecule has 0 saturated carbocycles. The van der Waals surface area contributed by atoms with E-state index in [-0.39, 0.29) is 0 Å². The number of imidazole rings is 1. The molecular weight excluding hydrogens is 346 g/mol. The molecule has 0 spiro atoms. The third-order valence-electron chi connectivity index (χ3n) is 4.33. The molecule has 4 aromatic rings. The number of H-pyrrole nitrogens is 1. The van der Waals surface area contributed by atoms with Crippen LogP contribution in [0.1, 0.15) is 13.3 Å². The fourth-order valence-corrected chi connectivity index (χ4v) is 3.36. The molecule has 0 fully saturated rings. The molecule has 2 aromatic heterocycles. The zero-order valence-electron chi connectivity index (χ0n) is 14.6. The first-order valence-corrected chi connectivity index (χ1v) is 8.88. The van der Waals surface area contributed by atoms with Crippen LogP contribution < -0.4 is 10.1 Å². The maximum Gasteiger partial charge on any atom is 0.178 e. The minimum atomic E-state index is 0.731. The van der Waals surface area contributed by atoms with Crippen LogP contribution in [0.25, 0.3) is 21.9 Å². The van der Waals surface area contributed by atoms with E-state index in [9.17, 15) is 0 Å². The number of methoxy groups -OCH3 is 1. The molecule has 0 unspecified atom stereocenters. The molecule has 0 atom stereocenters. The predicted octanol–water partition coefficient (Wildman–Crippen LogP) is 4.80. The number of benzene rings is 2. The number of hydrogen-bond donors (Lipinski definition) is 2. The molecule has 0 saturated heterocycles. The quantitative estimate of drug-likeness (QED) is 0.497. The normalized spacial score (nSPS) is 11.2. The Labute approximate surface area is 155 Å². The summed E-state index contributed by atoms with van der Waals surface area (Å²) in [5, 5.41) is 4.30. The van der Waals surface area contributed by atoms with E-state index < -0.39 is 0 Å². The predicted molar refractivity (Wildman–Crippen MR) is 107 cm³/mol. The second-order valence-corrected chi connectivity index (χ2v) is 6.43. The van der Waals surface area contributed by atoms with E-state index in [1.165, 1.54) is 0 Å². The molecule has 0 bridgehead atoms. The summed E-state index contributed by atoms with van der Waals surface area (Å²) >= 11 is 5.46. The summed E-state index contributed by atoms with van der Waals surface area (Å²) < 4.78 is 8.05. The summed E-state index contributed by atoms with van der Waals surface area (Å²) in [5.74, 6) is 1.57. The molecule has 2 N–H and O–H groups in total. The number of nitrogens with one attached hydrogen (secondary N) is 2. The van der Waals surface area contributed by atoms with Gasteiger partial charge in [-0.1, -0.05) is 6.92 Å². The second-order valence-electron chi connectivity index (χ2n) is 6.04. The summed E-state index contributed by atoms with van der Waals surface area (Å²) in [7, 11) is 1.65. The lowest BCUT2D eigenvalue weighted by Gasteiger charge is -2.09. The van der Waals surface area contributed by atoms with Crippen LogP contribution in [0.2, 0.25) is 0 Å². The first-order chi connectivity index (χ1) is 12.7. The van der Waals surface area contributed by atoms with Crippen molar-refractivity contribution in [2.45, 2.75) is 19.9 Å². The number of aryl methyl sites for hydroxylation is 1. The molecule has 132 valence electrons. The molecule has 0 radical (unpaired) electrons. The van der Waals surface area contributed by atoms with Crippen LogP contribution in [0, 0.1) is 4.77 Å². The Morgan fingerprint density at radius 1 is 1.19 bits per heavy atom. The fourth-order valence-electron chi connectivity index (χ4n) is 3.06. The van der Waals surface area contributed by atoms with Gasteiger partial charge in [-0.15, -0.1) is 0 Å². The van der Waals surface area contributed by atoms with Crippen molar-refractivity contribution in [3.05, 3.63) is 47.5 Å².